The number of aryl methyl sites for hydroxylation is 1. The van der Waals surface area contributed by atoms with E-state index >= 15 is 0 Å². The van der Waals surface area contributed by atoms with Gasteiger partial charge in [0.2, 0.25) is 5.91 Å². The lowest BCUT2D eigenvalue weighted by Crippen LogP contribution is -2.23. The molecule has 0 atom stereocenters. The number of nitrogens with one attached hydrogen (secondary N) is 1. The van der Waals surface area contributed by atoms with Crippen LogP contribution in [0.5, 0.6) is 5.75 Å². The van der Waals surface area contributed by atoms with Crippen molar-refractivity contribution in [2.75, 3.05) is 7.11 Å². The summed E-state index contributed by atoms with van der Waals surface area (Å²) in [5, 5.41) is 2.96. The van der Waals surface area contributed by atoms with Gasteiger partial charge in [-0.25, -0.2) is 0 Å². The number of carbonyl (C=O) groups is 1. The van der Waals surface area contributed by atoms with Gasteiger partial charge in [0.1, 0.15) is 5.75 Å². The van der Waals surface area contributed by atoms with Gasteiger partial charge >= 0.3 is 0 Å². The second-order valence-corrected chi connectivity index (χ2v) is 7.07. The van der Waals surface area contributed by atoms with Gasteiger partial charge in [-0.05, 0) is 40.7 Å². The summed E-state index contributed by atoms with van der Waals surface area (Å²) in [4.78, 5) is 12.0. The van der Waals surface area contributed by atoms with Gasteiger partial charge in [-0.15, -0.1) is 0 Å². The fraction of sp³-hybridized carbons (Fsp3) is 0.381. The highest BCUT2D eigenvalue weighted by molar-refractivity contribution is 5.76. The maximum atomic E-state index is 12.0. The van der Waals surface area contributed by atoms with Crippen molar-refractivity contribution < 1.29 is 9.53 Å². The fourth-order valence-electron chi connectivity index (χ4n) is 2.46. The zero-order valence-electron chi connectivity index (χ0n) is 15.1. The average molecular weight is 325 g/mol. The normalized spacial score (nSPS) is 11.2. The maximum Gasteiger partial charge on any atom is 0.220 e. The van der Waals surface area contributed by atoms with Gasteiger partial charge in [-0.1, -0.05) is 57.2 Å². The molecule has 2 aromatic carbocycles. The molecule has 0 saturated heterocycles. The molecule has 3 heteroatoms. The van der Waals surface area contributed by atoms with Crippen molar-refractivity contribution >= 4 is 5.91 Å². The van der Waals surface area contributed by atoms with Crippen LogP contribution in [0.1, 0.15) is 43.9 Å². The van der Waals surface area contributed by atoms with Gasteiger partial charge in [-0.2, -0.15) is 0 Å². The summed E-state index contributed by atoms with van der Waals surface area (Å²) < 4.78 is 5.12. The third-order valence-corrected chi connectivity index (χ3v) is 4.11. The van der Waals surface area contributed by atoms with Gasteiger partial charge in [0.15, 0.2) is 0 Å². The van der Waals surface area contributed by atoms with Gasteiger partial charge in [0, 0.05) is 13.0 Å². The van der Waals surface area contributed by atoms with E-state index in [1.54, 1.807) is 7.11 Å². The maximum absolute atomic E-state index is 12.0. The topological polar surface area (TPSA) is 38.3 Å². The summed E-state index contributed by atoms with van der Waals surface area (Å²) in [6.07, 6.45) is 1.27. The van der Waals surface area contributed by atoms with Crippen LogP contribution in [0.25, 0.3) is 0 Å². The highest BCUT2D eigenvalue weighted by Gasteiger charge is 2.12. The van der Waals surface area contributed by atoms with E-state index in [0.29, 0.717) is 13.0 Å². The summed E-state index contributed by atoms with van der Waals surface area (Å²) in [6.45, 7) is 7.16. The molecule has 0 saturated carbocycles. The van der Waals surface area contributed by atoms with E-state index in [0.717, 1.165) is 17.7 Å². The largest absolute Gasteiger partial charge is 0.497 e. The van der Waals surface area contributed by atoms with Gasteiger partial charge in [0.25, 0.3) is 0 Å². The lowest BCUT2D eigenvalue weighted by Gasteiger charge is -2.19. The number of amides is 1. The van der Waals surface area contributed by atoms with Crippen LogP contribution in [0.3, 0.4) is 0 Å². The number of carbonyl (C=O) groups excluding carboxylic acids is 1. The molecule has 3 nitrogen and oxygen atoms in total. The second kappa shape index (κ2) is 8.00. The van der Waals surface area contributed by atoms with Crippen LogP contribution in [0.4, 0.5) is 0 Å². The third kappa shape index (κ3) is 5.41. The highest BCUT2D eigenvalue weighted by Crippen LogP contribution is 2.22. The van der Waals surface area contributed by atoms with Crippen LogP contribution in [0, 0.1) is 0 Å². The average Bonchev–Trinajstić information content (AvgIpc) is 2.58. The van der Waals surface area contributed by atoms with Gasteiger partial charge < -0.3 is 10.1 Å². The molecule has 1 N–H and O–H groups in total. The Morgan fingerprint density at radius 2 is 1.54 bits per heavy atom. The zero-order chi connectivity index (χ0) is 17.6. The lowest BCUT2D eigenvalue weighted by molar-refractivity contribution is -0.121. The number of methoxy groups -OCH3 is 1. The molecule has 0 unspecified atom stereocenters. The molecule has 0 aliphatic heterocycles. The Kier molecular flexibility index (Phi) is 6.02. The first kappa shape index (κ1) is 18.1. The fourth-order valence-corrected chi connectivity index (χ4v) is 2.46. The molecule has 2 aromatic rings. The number of hydrogen-bond donors (Lipinski definition) is 1. The number of ether oxygens (including phenoxy) is 1. The first-order chi connectivity index (χ1) is 11.4. The summed E-state index contributed by atoms with van der Waals surface area (Å²) in [5.41, 5.74) is 3.74. The molecule has 0 aliphatic rings. The predicted octanol–water partition coefficient (Wildman–Crippen LogP) is 4.24. The minimum absolute atomic E-state index is 0.0747. The van der Waals surface area contributed by atoms with Crippen molar-refractivity contribution in [3.63, 3.8) is 0 Å². The summed E-state index contributed by atoms with van der Waals surface area (Å²) >= 11 is 0. The minimum Gasteiger partial charge on any atom is -0.497 e. The van der Waals surface area contributed by atoms with Crippen molar-refractivity contribution in [2.45, 2.75) is 45.6 Å². The van der Waals surface area contributed by atoms with Crippen LogP contribution in [0.15, 0.2) is 48.5 Å². The molecule has 0 spiro atoms. The molecule has 0 fully saturated rings. The van der Waals surface area contributed by atoms with Crippen LogP contribution in [-0.4, -0.2) is 13.0 Å². The smallest absolute Gasteiger partial charge is 0.220 e. The molecule has 1 amide bonds. The van der Waals surface area contributed by atoms with E-state index in [2.05, 4.69) is 50.4 Å². The van der Waals surface area contributed by atoms with Crippen LogP contribution < -0.4 is 10.1 Å². The van der Waals surface area contributed by atoms with Crippen molar-refractivity contribution in [1.82, 2.24) is 5.32 Å². The standard InChI is InChI=1S/C21H27NO2/c1-21(2,3)18-10-5-16(6-11-18)9-14-20(23)22-15-17-7-12-19(24-4)13-8-17/h5-8,10-13H,9,14-15H2,1-4H3,(H,22,23). The monoisotopic (exact) mass is 325 g/mol. The molecular weight excluding hydrogens is 298 g/mol. The zero-order valence-corrected chi connectivity index (χ0v) is 15.1. The Morgan fingerprint density at radius 1 is 0.958 bits per heavy atom. The predicted molar refractivity (Wildman–Crippen MR) is 98.3 cm³/mol. The van der Waals surface area contributed by atoms with Crippen LogP contribution in [-0.2, 0) is 23.2 Å². The van der Waals surface area contributed by atoms with Crippen LogP contribution >= 0.6 is 0 Å². The number of hydrogen-bond acceptors (Lipinski definition) is 2. The van der Waals surface area contributed by atoms with Crippen LogP contribution in [0.2, 0.25) is 0 Å². The van der Waals surface area contributed by atoms with E-state index in [4.69, 9.17) is 4.74 Å². The third-order valence-electron chi connectivity index (χ3n) is 4.11. The Bertz CT molecular complexity index is 652. The van der Waals surface area contributed by atoms with E-state index in [-0.39, 0.29) is 11.3 Å². The Labute approximate surface area is 145 Å². The number of rotatable bonds is 6. The second-order valence-electron chi connectivity index (χ2n) is 7.07. The molecule has 2 rings (SSSR count). The quantitative estimate of drug-likeness (QED) is 0.862. The van der Waals surface area contributed by atoms with Crippen molar-refractivity contribution in [3.8, 4) is 5.75 Å². The summed E-state index contributed by atoms with van der Waals surface area (Å²) in [7, 11) is 1.64. The minimum atomic E-state index is 0.0747. The molecule has 0 radical (unpaired) electrons. The van der Waals surface area contributed by atoms with Crippen molar-refractivity contribution in [1.29, 1.82) is 0 Å². The Hall–Kier alpha value is -2.29. The summed E-state index contributed by atoms with van der Waals surface area (Å²) in [5.74, 6) is 0.898. The van der Waals surface area contributed by atoms with Gasteiger partial charge in [-0.3, -0.25) is 4.79 Å². The van der Waals surface area contributed by atoms with Crippen molar-refractivity contribution in [3.05, 3.63) is 65.2 Å². The first-order valence-electron chi connectivity index (χ1n) is 8.37. The highest BCUT2D eigenvalue weighted by atomic mass is 16.5. The van der Waals surface area contributed by atoms with E-state index in [1.807, 2.05) is 24.3 Å². The Balaban J connectivity index is 1.78. The first-order valence-corrected chi connectivity index (χ1v) is 8.37. The molecule has 0 heterocycles. The van der Waals surface area contributed by atoms with E-state index < -0.39 is 0 Å². The van der Waals surface area contributed by atoms with E-state index in [9.17, 15) is 4.79 Å². The number of benzene rings is 2. The molecular formula is C21H27NO2. The Morgan fingerprint density at radius 3 is 2.08 bits per heavy atom. The SMILES string of the molecule is COc1ccc(CNC(=O)CCc2ccc(C(C)(C)C)cc2)cc1. The molecule has 24 heavy (non-hydrogen) atoms. The van der Waals surface area contributed by atoms with E-state index in [1.165, 1.54) is 11.1 Å². The van der Waals surface area contributed by atoms with Gasteiger partial charge in [0.05, 0.1) is 7.11 Å². The van der Waals surface area contributed by atoms with Crippen molar-refractivity contribution in [2.24, 2.45) is 0 Å². The molecule has 0 bridgehead atoms. The molecule has 128 valence electrons. The lowest BCUT2D eigenvalue weighted by atomic mass is 9.86. The summed E-state index contributed by atoms with van der Waals surface area (Å²) in [6, 6.07) is 16.3. The molecule has 0 aliphatic carbocycles. The molecule has 0 aromatic heterocycles.